The molecule has 3 rings (SSSR count). The SMILES string of the molecule is COc1ccc(NC(=O)c2cccn2-c2nnc(C)s2)cc1OC. The van der Waals surface area contributed by atoms with Crippen LogP contribution in [0.25, 0.3) is 5.13 Å². The second-order valence-electron chi connectivity index (χ2n) is 4.89. The Bertz CT molecular complexity index is 872. The van der Waals surface area contributed by atoms with Crippen LogP contribution < -0.4 is 14.8 Å². The molecule has 0 saturated heterocycles. The summed E-state index contributed by atoms with van der Waals surface area (Å²) in [7, 11) is 3.11. The smallest absolute Gasteiger partial charge is 0.272 e. The molecule has 0 aliphatic carbocycles. The van der Waals surface area contributed by atoms with Gasteiger partial charge in [-0.2, -0.15) is 0 Å². The minimum absolute atomic E-state index is 0.250. The Morgan fingerprint density at radius 2 is 1.96 bits per heavy atom. The van der Waals surface area contributed by atoms with Gasteiger partial charge in [0, 0.05) is 18.0 Å². The molecule has 0 radical (unpaired) electrons. The fourth-order valence-electron chi connectivity index (χ4n) is 2.23. The molecular weight excluding hydrogens is 328 g/mol. The zero-order chi connectivity index (χ0) is 17.1. The summed E-state index contributed by atoms with van der Waals surface area (Å²) in [6, 6.07) is 8.72. The number of nitrogens with zero attached hydrogens (tertiary/aromatic N) is 3. The molecule has 1 N–H and O–H groups in total. The van der Waals surface area contributed by atoms with Gasteiger partial charge in [0.2, 0.25) is 5.13 Å². The predicted molar refractivity (Wildman–Crippen MR) is 91.5 cm³/mol. The van der Waals surface area contributed by atoms with Gasteiger partial charge in [-0.15, -0.1) is 10.2 Å². The molecule has 1 aromatic carbocycles. The fourth-order valence-corrected chi connectivity index (χ4v) is 2.91. The van der Waals surface area contributed by atoms with E-state index in [1.165, 1.54) is 11.3 Å². The Morgan fingerprint density at radius 3 is 2.62 bits per heavy atom. The largest absolute Gasteiger partial charge is 0.493 e. The van der Waals surface area contributed by atoms with Crippen molar-refractivity contribution in [3.63, 3.8) is 0 Å². The molecule has 124 valence electrons. The maximum atomic E-state index is 12.6. The van der Waals surface area contributed by atoms with E-state index in [2.05, 4.69) is 15.5 Å². The van der Waals surface area contributed by atoms with E-state index < -0.39 is 0 Å². The van der Waals surface area contributed by atoms with Gasteiger partial charge in [0.25, 0.3) is 5.91 Å². The first-order valence-electron chi connectivity index (χ1n) is 7.13. The van der Waals surface area contributed by atoms with E-state index in [0.29, 0.717) is 28.0 Å². The molecule has 0 aliphatic heterocycles. The minimum atomic E-state index is -0.250. The number of anilines is 1. The van der Waals surface area contributed by atoms with Crippen molar-refractivity contribution in [1.82, 2.24) is 14.8 Å². The molecular formula is C16H16N4O3S. The number of methoxy groups -OCH3 is 2. The van der Waals surface area contributed by atoms with Crippen LogP contribution in [0.4, 0.5) is 5.69 Å². The van der Waals surface area contributed by atoms with Crippen molar-refractivity contribution in [2.24, 2.45) is 0 Å². The maximum absolute atomic E-state index is 12.6. The second-order valence-corrected chi connectivity index (χ2v) is 6.05. The topological polar surface area (TPSA) is 78.3 Å². The molecule has 2 aromatic heterocycles. The van der Waals surface area contributed by atoms with Crippen LogP contribution in [0.5, 0.6) is 11.5 Å². The summed E-state index contributed by atoms with van der Waals surface area (Å²) in [5.41, 5.74) is 1.08. The lowest BCUT2D eigenvalue weighted by atomic mass is 10.2. The number of ether oxygens (including phenoxy) is 2. The van der Waals surface area contributed by atoms with Crippen molar-refractivity contribution in [2.75, 3.05) is 19.5 Å². The van der Waals surface area contributed by atoms with Gasteiger partial charge in [-0.3, -0.25) is 9.36 Å². The van der Waals surface area contributed by atoms with Crippen LogP contribution in [0.2, 0.25) is 0 Å². The molecule has 0 unspecified atom stereocenters. The van der Waals surface area contributed by atoms with Crippen LogP contribution in [0.15, 0.2) is 36.5 Å². The van der Waals surface area contributed by atoms with Gasteiger partial charge in [-0.25, -0.2) is 0 Å². The van der Waals surface area contributed by atoms with Crippen LogP contribution in [0, 0.1) is 6.92 Å². The lowest BCUT2D eigenvalue weighted by molar-refractivity contribution is 0.102. The van der Waals surface area contributed by atoms with E-state index in [1.807, 2.05) is 6.92 Å². The third-order valence-corrected chi connectivity index (χ3v) is 4.18. The summed E-state index contributed by atoms with van der Waals surface area (Å²) in [6.07, 6.45) is 1.78. The Kier molecular flexibility index (Phi) is 4.48. The third-order valence-electron chi connectivity index (χ3n) is 3.34. The van der Waals surface area contributed by atoms with E-state index in [-0.39, 0.29) is 5.91 Å². The Labute approximate surface area is 142 Å². The van der Waals surface area contributed by atoms with Crippen molar-refractivity contribution in [3.8, 4) is 16.6 Å². The van der Waals surface area contributed by atoms with Crippen molar-refractivity contribution >= 4 is 22.9 Å². The first kappa shape index (κ1) is 16.0. The van der Waals surface area contributed by atoms with Crippen molar-refractivity contribution in [1.29, 1.82) is 0 Å². The third kappa shape index (κ3) is 3.09. The predicted octanol–water partition coefficient (Wildman–Crippen LogP) is 2.91. The van der Waals surface area contributed by atoms with Gasteiger partial charge in [-0.05, 0) is 31.2 Å². The summed E-state index contributed by atoms with van der Waals surface area (Å²) in [5, 5.41) is 12.4. The highest BCUT2D eigenvalue weighted by Gasteiger charge is 2.15. The zero-order valence-electron chi connectivity index (χ0n) is 13.4. The van der Waals surface area contributed by atoms with Gasteiger partial charge in [0.15, 0.2) is 11.5 Å². The average molecular weight is 344 g/mol. The number of carbonyl (C=O) groups excluding carboxylic acids is 1. The molecule has 1 amide bonds. The molecule has 24 heavy (non-hydrogen) atoms. The fraction of sp³-hybridized carbons (Fsp3) is 0.188. The van der Waals surface area contributed by atoms with E-state index in [9.17, 15) is 4.79 Å². The molecule has 2 heterocycles. The summed E-state index contributed by atoms with van der Waals surface area (Å²) in [4.78, 5) is 12.6. The van der Waals surface area contributed by atoms with Gasteiger partial charge < -0.3 is 14.8 Å². The molecule has 0 saturated carbocycles. The monoisotopic (exact) mass is 344 g/mol. The number of amides is 1. The molecule has 3 aromatic rings. The highest BCUT2D eigenvalue weighted by atomic mass is 32.1. The number of aryl methyl sites for hydroxylation is 1. The summed E-state index contributed by atoms with van der Waals surface area (Å²) >= 11 is 1.42. The van der Waals surface area contributed by atoms with E-state index in [1.54, 1.807) is 55.3 Å². The van der Waals surface area contributed by atoms with Crippen LogP contribution in [-0.2, 0) is 0 Å². The normalized spacial score (nSPS) is 10.5. The lowest BCUT2D eigenvalue weighted by Gasteiger charge is -2.11. The summed E-state index contributed by atoms with van der Waals surface area (Å²) in [5.74, 6) is 0.897. The Hall–Kier alpha value is -2.87. The van der Waals surface area contributed by atoms with Crippen molar-refractivity contribution in [2.45, 2.75) is 6.92 Å². The number of hydrogen-bond donors (Lipinski definition) is 1. The Morgan fingerprint density at radius 1 is 1.17 bits per heavy atom. The first-order valence-corrected chi connectivity index (χ1v) is 7.95. The lowest BCUT2D eigenvalue weighted by Crippen LogP contribution is -2.16. The standard InChI is InChI=1S/C16H16N4O3S/c1-10-18-19-16(24-10)20-8-4-5-12(20)15(21)17-11-6-7-13(22-2)14(9-11)23-3/h4-9H,1-3H3,(H,17,21). The number of aromatic nitrogens is 3. The molecule has 0 bridgehead atoms. The van der Waals surface area contributed by atoms with Gasteiger partial charge >= 0.3 is 0 Å². The molecule has 0 fully saturated rings. The van der Waals surface area contributed by atoms with Crippen LogP contribution in [0.1, 0.15) is 15.5 Å². The van der Waals surface area contributed by atoms with E-state index in [4.69, 9.17) is 9.47 Å². The molecule has 8 heteroatoms. The van der Waals surface area contributed by atoms with Crippen LogP contribution in [-0.4, -0.2) is 34.9 Å². The van der Waals surface area contributed by atoms with Gasteiger partial charge in [0.05, 0.1) is 14.2 Å². The average Bonchev–Trinajstić information content (AvgIpc) is 3.23. The van der Waals surface area contributed by atoms with E-state index >= 15 is 0 Å². The number of rotatable bonds is 5. The summed E-state index contributed by atoms with van der Waals surface area (Å²) in [6.45, 7) is 1.87. The number of carbonyl (C=O) groups is 1. The van der Waals surface area contributed by atoms with Gasteiger partial charge in [-0.1, -0.05) is 11.3 Å². The number of hydrogen-bond acceptors (Lipinski definition) is 6. The molecule has 0 spiro atoms. The molecule has 0 atom stereocenters. The van der Waals surface area contributed by atoms with Crippen molar-refractivity contribution in [3.05, 3.63) is 47.2 Å². The second kappa shape index (κ2) is 6.71. The van der Waals surface area contributed by atoms with E-state index in [0.717, 1.165) is 5.01 Å². The van der Waals surface area contributed by atoms with Crippen LogP contribution in [0.3, 0.4) is 0 Å². The first-order chi connectivity index (χ1) is 11.6. The number of nitrogens with one attached hydrogen (secondary N) is 1. The zero-order valence-corrected chi connectivity index (χ0v) is 14.3. The summed E-state index contributed by atoms with van der Waals surface area (Å²) < 4.78 is 12.1. The molecule has 0 aliphatic rings. The highest BCUT2D eigenvalue weighted by molar-refractivity contribution is 7.13. The maximum Gasteiger partial charge on any atom is 0.272 e. The van der Waals surface area contributed by atoms with Crippen molar-refractivity contribution < 1.29 is 14.3 Å². The minimum Gasteiger partial charge on any atom is -0.493 e. The quantitative estimate of drug-likeness (QED) is 0.770. The highest BCUT2D eigenvalue weighted by Crippen LogP contribution is 2.30. The van der Waals surface area contributed by atoms with Crippen LogP contribution >= 0.6 is 11.3 Å². The number of benzene rings is 1. The van der Waals surface area contributed by atoms with Gasteiger partial charge in [0.1, 0.15) is 10.7 Å². The Balaban J connectivity index is 1.85. The molecule has 7 nitrogen and oxygen atoms in total.